The number of likely N-dealkylation sites (tertiary alicyclic amines) is 1. The van der Waals surface area contributed by atoms with Gasteiger partial charge in [0, 0.05) is 48.4 Å². The zero-order chi connectivity index (χ0) is 28.8. The number of H-pyrrole nitrogens is 2. The molecule has 2 aromatic heterocycles. The smallest absolute Gasteiger partial charge is 0.326 e. The van der Waals surface area contributed by atoms with E-state index in [9.17, 15) is 24.3 Å². The third-order valence-electron chi connectivity index (χ3n) is 7.71. The van der Waals surface area contributed by atoms with Crippen molar-refractivity contribution in [3.63, 3.8) is 0 Å². The molecule has 1 aliphatic rings. The first kappa shape index (κ1) is 28.8. The third-order valence-corrected chi connectivity index (χ3v) is 7.71. The number of amides is 3. The standard InChI is InChI=1S/C28H37N7O5/c1-3-16(2)24(29)27(38)35-10-6-9-23(35)26(37)33-21(12-18-14-30-15-32-18)25(36)34-22(28(39)40)11-17-13-31-20-8-5-4-7-19(17)20/h4-5,7-8,13-16,21-24,31H,3,6,9-12,29H2,1-2H3,(H,30,32)(H,33,37)(H,34,36)(H,39,40). The number of aromatic nitrogens is 3. The summed E-state index contributed by atoms with van der Waals surface area (Å²) >= 11 is 0. The molecule has 1 fully saturated rings. The van der Waals surface area contributed by atoms with Crippen LogP contribution in [0.4, 0.5) is 0 Å². The number of carbonyl (C=O) groups is 4. The van der Waals surface area contributed by atoms with Crippen LogP contribution in [0.2, 0.25) is 0 Å². The zero-order valence-electron chi connectivity index (χ0n) is 22.7. The molecule has 0 saturated carbocycles. The zero-order valence-corrected chi connectivity index (χ0v) is 22.7. The fraction of sp³-hybridized carbons (Fsp3) is 0.464. The van der Waals surface area contributed by atoms with Crippen molar-refractivity contribution in [3.8, 4) is 0 Å². The second kappa shape index (κ2) is 12.8. The van der Waals surface area contributed by atoms with Crippen molar-refractivity contribution in [2.45, 2.75) is 70.1 Å². The van der Waals surface area contributed by atoms with Gasteiger partial charge in [-0.25, -0.2) is 9.78 Å². The summed E-state index contributed by atoms with van der Waals surface area (Å²) in [5, 5.41) is 16.1. The Kier molecular flexibility index (Phi) is 9.20. The Balaban J connectivity index is 1.49. The van der Waals surface area contributed by atoms with Gasteiger partial charge in [-0.15, -0.1) is 0 Å². The van der Waals surface area contributed by atoms with E-state index in [0.29, 0.717) is 25.1 Å². The van der Waals surface area contributed by atoms with E-state index < -0.39 is 42.0 Å². The lowest BCUT2D eigenvalue weighted by Crippen LogP contribution is -2.57. The van der Waals surface area contributed by atoms with Gasteiger partial charge in [0.25, 0.3) is 0 Å². The number of nitrogens with one attached hydrogen (secondary N) is 4. The molecular formula is C28H37N7O5. The molecule has 3 amide bonds. The number of carboxylic acids is 1. The number of hydrogen-bond donors (Lipinski definition) is 6. The van der Waals surface area contributed by atoms with Gasteiger partial charge in [0.2, 0.25) is 17.7 Å². The number of rotatable bonds is 12. The normalized spacial score (nSPS) is 18.2. The fourth-order valence-electron chi connectivity index (χ4n) is 5.08. The molecule has 3 aromatic rings. The van der Waals surface area contributed by atoms with E-state index in [-0.39, 0.29) is 24.7 Å². The summed E-state index contributed by atoms with van der Waals surface area (Å²) in [6.07, 6.45) is 6.64. The van der Waals surface area contributed by atoms with Crippen LogP contribution in [0.5, 0.6) is 0 Å². The molecule has 0 aliphatic carbocycles. The summed E-state index contributed by atoms with van der Waals surface area (Å²) in [7, 11) is 0. The average Bonchev–Trinajstić information content (AvgIpc) is 3.72. The maximum absolute atomic E-state index is 13.4. The minimum Gasteiger partial charge on any atom is -0.480 e. The number of aromatic amines is 2. The number of benzene rings is 1. The lowest BCUT2D eigenvalue weighted by atomic mass is 9.98. The number of imidazole rings is 1. The first-order chi connectivity index (χ1) is 19.2. The first-order valence-electron chi connectivity index (χ1n) is 13.6. The summed E-state index contributed by atoms with van der Waals surface area (Å²) in [6, 6.07) is 3.69. The summed E-state index contributed by atoms with van der Waals surface area (Å²) < 4.78 is 0. The van der Waals surface area contributed by atoms with Gasteiger partial charge in [0.1, 0.15) is 18.1 Å². The second-order valence-corrected chi connectivity index (χ2v) is 10.4. The van der Waals surface area contributed by atoms with Crippen LogP contribution in [0.15, 0.2) is 43.0 Å². The van der Waals surface area contributed by atoms with E-state index in [1.54, 1.807) is 6.20 Å². The summed E-state index contributed by atoms with van der Waals surface area (Å²) in [5.41, 5.74) is 8.36. The molecular weight excluding hydrogens is 514 g/mol. The van der Waals surface area contributed by atoms with Gasteiger partial charge in [-0.2, -0.15) is 0 Å². The van der Waals surface area contributed by atoms with Crippen molar-refractivity contribution in [3.05, 3.63) is 54.2 Å². The van der Waals surface area contributed by atoms with E-state index >= 15 is 0 Å². The monoisotopic (exact) mass is 551 g/mol. The highest BCUT2D eigenvalue weighted by atomic mass is 16.4. The number of nitrogens with zero attached hydrogens (tertiary/aromatic N) is 2. The molecule has 0 bridgehead atoms. The van der Waals surface area contributed by atoms with E-state index in [0.717, 1.165) is 22.9 Å². The Morgan fingerprint density at radius 1 is 1.15 bits per heavy atom. The second-order valence-electron chi connectivity index (χ2n) is 10.4. The number of aliphatic carboxylic acids is 1. The number of carbonyl (C=O) groups excluding carboxylic acids is 3. The number of para-hydroxylation sites is 1. The molecule has 5 atom stereocenters. The molecule has 4 rings (SSSR count). The Hall–Kier alpha value is -4.19. The molecule has 3 heterocycles. The maximum atomic E-state index is 13.4. The minimum absolute atomic E-state index is 0.0409. The van der Waals surface area contributed by atoms with Crippen molar-refractivity contribution in [2.24, 2.45) is 11.7 Å². The van der Waals surface area contributed by atoms with Crippen LogP contribution >= 0.6 is 0 Å². The van der Waals surface area contributed by atoms with Gasteiger partial charge >= 0.3 is 5.97 Å². The predicted molar refractivity (Wildman–Crippen MR) is 148 cm³/mol. The van der Waals surface area contributed by atoms with Crippen LogP contribution in [0.1, 0.15) is 44.4 Å². The van der Waals surface area contributed by atoms with Crippen LogP contribution in [0, 0.1) is 5.92 Å². The van der Waals surface area contributed by atoms with Gasteiger partial charge < -0.3 is 36.3 Å². The molecule has 1 aromatic carbocycles. The van der Waals surface area contributed by atoms with Crippen LogP contribution in [-0.2, 0) is 32.0 Å². The predicted octanol–water partition coefficient (Wildman–Crippen LogP) is 1.09. The molecule has 40 heavy (non-hydrogen) atoms. The molecule has 7 N–H and O–H groups in total. The highest BCUT2D eigenvalue weighted by Gasteiger charge is 2.39. The van der Waals surface area contributed by atoms with Crippen LogP contribution < -0.4 is 16.4 Å². The maximum Gasteiger partial charge on any atom is 0.326 e. The van der Waals surface area contributed by atoms with Crippen molar-refractivity contribution >= 4 is 34.6 Å². The lowest BCUT2D eigenvalue weighted by Gasteiger charge is -2.30. The van der Waals surface area contributed by atoms with Crippen LogP contribution in [0.25, 0.3) is 10.9 Å². The third kappa shape index (κ3) is 6.50. The Labute approximate surface area is 232 Å². The summed E-state index contributed by atoms with van der Waals surface area (Å²) in [5.74, 6) is -2.66. The Morgan fingerprint density at radius 2 is 1.93 bits per heavy atom. The van der Waals surface area contributed by atoms with E-state index in [1.807, 2.05) is 38.1 Å². The SMILES string of the molecule is CCC(C)C(N)C(=O)N1CCCC1C(=O)NC(Cc1cnc[nH]1)C(=O)NC(Cc1c[nH]c2ccccc12)C(=O)O. The van der Waals surface area contributed by atoms with Gasteiger partial charge in [-0.1, -0.05) is 38.5 Å². The average molecular weight is 552 g/mol. The van der Waals surface area contributed by atoms with Gasteiger partial charge in [0.05, 0.1) is 12.4 Å². The first-order valence-corrected chi connectivity index (χ1v) is 13.6. The molecule has 0 spiro atoms. The lowest BCUT2D eigenvalue weighted by molar-refractivity contribution is -0.143. The van der Waals surface area contributed by atoms with Crippen molar-refractivity contribution in [2.75, 3.05) is 6.54 Å². The van der Waals surface area contributed by atoms with Gasteiger partial charge in [-0.05, 0) is 30.4 Å². The largest absolute Gasteiger partial charge is 0.480 e. The molecule has 12 nitrogen and oxygen atoms in total. The molecule has 1 saturated heterocycles. The van der Waals surface area contributed by atoms with Crippen molar-refractivity contribution in [1.29, 1.82) is 0 Å². The van der Waals surface area contributed by atoms with E-state index in [1.165, 1.54) is 17.4 Å². The molecule has 5 unspecified atom stereocenters. The minimum atomic E-state index is -1.23. The molecule has 12 heteroatoms. The number of hydrogen-bond acceptors (Lipinski definition) is 6. The van der Waals surface area contributed by atoms with E-state index in [4.69, 9.17) is 5.73 Å². The summed E-state index contributed by atoms with van der Waals surface area (Å²) in [4.78, 5) is 63.6. The van der Waals surface area contributed by atoms with Crippen molar-refractivity contribution < 1.29 is 24.3 Å². The Morgan fingerprint density at radius 3 is 2.62 bits per heavy atom. The number of nitrogens with two attached hydrogens (primary N) is 1. The molecule has 214 valence electrons. The van der Waals surface area contributed by atoms with Crippen LogP contribution in [-0.4, -0.2) is 79.4 Å². The molecule has 1 aliphatic heterocycles. The molecule has 0 radical (unpaired) electrons. The van der Waals surface area contributed by atoms with Gasteiger partial charge in [0.15, 0.2) is 0 Å². The van der Waals surface area contributed by atoms with Crippen LogP contribution in [0.3, 0.4) is 0 Å². The number of fused-ring (bicyclic) bond motifs is 1. The highest BCUT2D eigenvalue weighted by Crippen LogP contribution is 2.22. The highest BCUT2D eigenvalue weighted by molar-refractivity contribution is 5.95. The van der Waals surface area contributed by atoms with E-state index in [2.05, 4.69) is 25.6 Å². The quantitative estimate of drug-likeness (QED) is 0.194. The van der Waals surface area contributed by atoms with Gasteiger partial charge in [-0.3, -0.25) is 14.4 Å². The Bertz CT molecular complexity index is 1340. The topological polar surface area (TPSA) is 186 Å². The summed E-state index contributed by atoms with van der Waals surface area (Å²) in [6.45, 7) is 4.26. The number of carboxylic acid groups (broad SMARTS) is 1. The fourth-order valence-corrected chi connectivity index (χ4v) is 5.08. The van der Waals surface area contributed by atoms with Crippen molar-refractivity contribution in [1.82, 2.24) is 30.5 Å².